The number of piperidine rings is 1. The van der Waals surface area contributed by atoms with E-state index in [9.17, 15) is 4.79 Å². The standard InChI is InChI=1S/C12H16ClN3O2/c1-18-12(17)9-3-2-4-16(7-9)8-10-5-15-11(13)6-14-10/h5-6,9H,2-4,7-8H2,1H3. The number of aromatic nitrogens is 2. The van der Waals surface area contributed by atoms with E-state index < -0.39 is 0 Å². The van der Waals surface area contributed by atoms with Crippen molar-refractivity contribution in [2.24, 2.45) is 5.92 Å². The minimum Gasteiger partial charge on any atom is -0.469 e. The number of hydrogen-bond donors (Lipinski definition) is 0. The maximum absolute atomic E-state index is 11.5. The first kappa shape index (κ1) is 13.2. The van der Waals surface area contributed by atoms with Crippen LogP contribution in [0.25, 0.3) is 0 Å². The Morgan fingerprint density at radius 2 is 2.39 bits per heavy atom. The fourth-order valence-corrected chi connectivity index (χ4v) is 2.31. The topological polar surface area (TPSA) is 55.3 Å². The van der Waals surface area contributed by atoms with E-state index in [1.165, 1.54) is 7.11 Å². The Morgan fingerprint density at radius 3 is 3.06 bits per heavy atom. The molecule has 1 aromatic rings. The van der Waals surface area contributed by atoms with Gasteiger partial charge < -0.3 is 4.74 Å². The lowest BCUT2D eigenvalue weighted by Crippen LogP contribution is -2.38. The summed E-state index contributed by atoms with van der Waals surface area (Å²) in [5.41, 5.74) is 0.866. The van der Waals surface area contributed by atoms with E-state index in [4.69, 9.17) is 16.3 Å². The number of nitrogens with zero attached hydrogens (tertiary/aromatic N) is 3. The highest BCUT2D eigenvalue weighted by molar-refractivity contribution is 6.29. The zero-order valence-electron chi connectivity index (χ0n) is 10.3. The highest BCUT2D eigenvalue weighted by atomic mass is 35.5. The molecule has 1 aromatic heterocycles. The zero-order chi connectivity index (χ0) is 13.0. The van der Waals surface area contributed by atoms with Crippen LogP contribution in [0, 0.1) is 5.92 Å². The fraction of sp³-hybridized carbons (Fsp3) is 0.583. The summed E-state index contributed by atoms with van der Waals surface area (Å²) in [6, 6.07) is 0. The van der Waals surface area contributed by atoms with Gasteiger partial charge in [0.1, 0.15) is 5.15 Å². The second-order valence-electron chi connectivity index (χ2n) is 4.43. The van der Waals surface area contributed by atoms with Gasteiger partial charge in [-0.1, -0.05) is 11.6 Å². The molecule has 0 bridgehead atoms. The normalized spacial score (nSPS) is 20.7. The molecule has 0 radical (unpaired) electrons. The summed E-state index contributed by atoms with van der Waals surface area (Å²) in [6.45, 7) is 2.38. The van der Waals surface area contributed by atoms with Crippen molar-refractivity contribution in [3.05, 3.63) is 23.2 Å². The molecule has 5 nitrogen and oxygen atoms in total. The van der Waals surface area contributed by atoms with E-state index in [0.29, 0.717) is 11.7 Å². The third kappa shape index (κ3) is 3.40. The van der Waals surface area contributed by atoms with Gasteiger partial charge in [0.05, 0.1) is 31.1 Å². The molecule has 0 spiro atoms. The molecule has 2 rings (SSSR count). The number of ether oxygens (including phenoxy) is 1. The Morgan fingerprint density at radius 1 is 1.56 bits per heavy atom. The van der Waals surface area contributed by atoms with E-state index in [2.05, 4.69) is 14.9 Å². The van der Waals surface area contributed by atoms with Gasteiger partial charge in [-0.05, 0) is 19.4 Å². The maximum atomic E-state index is 11.5. The van der Waals surface area contributed by atoms with Gasteiger partial charge in [0.2, 0.25) is 0 Å². The first-order valence-electron chi connectivity index (χ1n) is 5.95. The van der Waals surface area contributed by atoms with Crippen LogP contribution in [0.15, 0.2) is 12.4 Å². The molecular weight excluding hydrogens is 254 g/mol. The monoisotopic (exact) mass is 269 g/mol. The fourth-order valence-electron chi connectivity index (χ4n) is 2.21. The molecule has 1 aliphatic heterocycles. The van der Waals surface area contributed by atoms with Crippen LogP contribution in [0.3, 0.4) is 0 Å². The minimum atomic E-state index is -0.123. The van der Waals surface area contributed by atoms with Gasteiger partial charge in [-0.3, -0.25) is 14.7 Å². The van der Waals surface area contributed by atoms with E-state index in [1.54, 1.807) is 12.4 Å². The number of methoxy groups -OCH3 is 1. The van der Waals surface area contributed by atoms with Crippen molar-refractivity contribution in [1.82, 2.24) is 14.9 Å². The lowest BCUT2D eigenvalue weighted by molar-refractivity contribution is -0.147. The van der Waals surface area contributed by atoms with Gasteiger partial charge in [-0.15, -0.1) is 0 Å². The highest BCUT2D eigenvalue weighted by Crippen LogP contribution is 2.19. The molecule has 1 atom stereocenters. The second kappa shape index (κ2) is 6.11. The molecule has 2 heterocycles. The van der Waals surface area contributed by atoms with Crippen LogP contribution in [0.1, 0.15) is 18.5 Å². The van der Waals surface area contributed by atoms with E-state index in [0.717, 1.165) is 31.6 Å². The van der Waals surface area contributed by atoms with E-state index in [1.807, 2.05) is 0 Å². The molecule has 1 aliphatic rings. The van der Waals surface area contributed by atoms with Gasteiger partial charge in [-0.2, -0.15) is 0 Å². The summed E-state index contributed by atoms with van der Waals surface area (Å²) in [7, 11) is 1.44. The van der Waals surface area contributed by atoms with Crippen molar-refractivity contribution < 1.29 is 9.53 Å². The average molecular weight is 270 g/mol. The number of carbonyl (C=O) groups is 1. The zero-order valence-corrected chi connectivity index (χ0v) is 11.1. The number of carbonyl (C=O) groups excluding carboxylic acids is 1. The number of hydrogen-bond acceptors (Lipinski definition) is 5. The van der Waals surface area contributed by atoms with Crippen LogP contribution in [0.4, 0.5) is 0 Å². The SMILES string of the molecule is COC(=O)C1CCCN(Cc2cnc(Cl)cn2)C1. The van der Waals surface area contributed by atoms with Gasteiger partial charge in [0.15, 0.2) is 0 Å². The van der Waals surface area contributed by atoms with Crippen molar-refractivity contribution >= 4 is 17.6 Å². The molecule has 0 amide bonds. The van der Waals surface area contributed by atoms with Crippen LogP contribution in [0.2, 0.25) is 5.15 Å². The number of rotatable bonds is 3. The van der Waals surface area contributed by atoms with Crippen LogP contribution in [-0.2, 0) is 16.1 Å². The minimum absolute atomic E-state index is 0.0241. The first-order valence-corrected chi connectivity index (χ1v) is 6.33. The molecule has 0 aromatic carbocycles. The molecule has 1 unspecified atom stereocenters. The van der Waals surface area contributed by atoms with E-state index >= 15 is 0 Å². The van der Waals surface area contributed by atoms with Gasteiger partial charge >= 0.3 is 5.97 Å². The molecule has 0 aliphatic carbocycles. The molecule has 1 fully saturated rings. The largest absolute Gasteiger partial charge is 0.469 e. The first-order chi connectivity index (χ1) is 8.69. The Hall–Kier alpha value is -1.20. The summed E-state index contributed by atoms with van der Waals surface area (Å²) < 4.78 is 4.79. The van der Waals surface area contributed by atoms with E-state index in [-0.39, 0.29) is 11.9 Å². The predicted octanol–water partition coefficient (Wildman–Crippen LogP) is 1.51. The third-order valence-corrected chi connectivity index (χ3v) is 3.29. The van der Waals surface area contributed by atoms with Crippen molar-refractivity contribution in [3.63, 3.8) is 0 Å². The second-order valence-corrected chi connectivity index (χ2v) is 4.82. The van der Waals surface area contributed by atoms with Gasteiger partial charge in [0, 0.05) is 13.1 Å². The maximum Gasteiger partial charge on any atom is 0.309 e. The molecule has 18 heavy (non-hydrogen) atoms. The highest BCUT2D eigenvalue weighted by Gasteiger charge is 2.26. The summed E-state index contributed by atoms with van der Waals surface area (Å²) in [4.78, 5) is 21.9. The lowest BCUT2D eigenvalue weighted by Gasteiger charge is -2.30. The Balaban J connectivity index is 1.93. The van der Waals surface area contributed by atoms with Crippen LogP contribution in [0.5, 0.6) is 0 Å². The smallest absolute Gasteiger partial charge is 0.309 e. The Labute approximate surface area is 111 Å². The number of esters is 1. The average Bonchev–Trinajstić information content (AvgIpc) is 2.41. The van der Waals surface area contributed by atoms with Crippen molar-refractivity contribution in [3.8, 4) is 0 Å². The number of likely N-dealkylation sites (tertiary alicyclic amines) is 1. The van der Waals surface area contributed by atoms with Crippen molar-refractivity contribution in [2.45, 2.75) is 19.4 Å². The Kier molecular flexibility index (Phi) is 4.49. The quantitative estimate of drug-likeness (QED) is 0.779. The third-order valence-electron chi connectivity index (χ3n) is 3.10. The number of halogens is 1. The lowest BCUT2D eigenvalue weighted by atomic mass is 9.98. The summed E-state index contributed by atoms with van der Waals surface area (Å²) in [5, 5.41) is 0.393. The molecule has 0 saturated carbocycles. The molecule has 98 valence electrons. The van der Waals surface area contributed by atoms with Gasteiger partial charge in [0.25, 0.3) is 0 Å². The van der Waals surface area contributed by atoms with Crippen molar-refractivity contribution in [2.75, 3.05) is 20.2 Å². The van der Waals surface area contributed by atoms with Crippen LogP contribution < -0.4 is 0 Å². The predicted molar refractivity (Wildman–Crippen MR) is 67.1 cm³/mol. The summed E-state index contributed by atoms with van der Waals surface area (Å²) in [5.74, 6) is -0.147. The summed E-state index contributed by atoms with van der Waals surface area (Å²) in [6.07, 6.45) is 5.11. The molecule has 0 N–H and O–H groups in total. The molecular formula is C12H16ClN3O2. The van der Waals surface area contributed by atoms with Crippen LogP contribution in [-0.4, -0.2) is 41.0 Å². The summed E-state index contributed by atoms with van der Waals surface area (Å²) >= 11 is 5.69. The molecule has 6 heteroatoms. The van der Waals surface area contributed by atoms with Gasteiger partial charge in [-0.25, -0.2) is 4.98 Å². The van der Waals surface area contributed by atoms with Crippen molar-refractivity contribution in [1.29, 1.82) is 0 Å². The molecule has 1 saturated heterocycles. The Bertz CT molecular complexity index is 410. The van der Waals surface area contributed by atoms with Crippen LogP contribution >= 0.6 is 11.6 Å².